The number of hydrogen-bond donors (Lipinski definition) is 1. The Labute approximate surface area is 99.0 Å². The van der Waals surface area contributed by atoms with E-state index in [0.29, 0.717) is 6.04 Å². The molecule has 0 aliphatic carbocycles. The number of rotatable bonds is 5. The van der Waals surface area contributed by atoms with E-state index in [1.165, 1.54) is 16.7 Å². The van der Waals surface area contributed by atoms with E-state index < -0.39 is 0 Å². The molecule has 0 fully saturated rings. The van der Waals surface area contributed by atoms with Crippen LogP contribution in [0.3, 0.4) is 0 Å². The number of nitrogens with one attached hydrogen (secondary N) is 1. The Morgan fingerprint density at radius 2 is 1.69 bits per heavy atom. The van der Waals surface area contributed by atoms with Crippen molar-refractivity contribution >= 4 is 0 Å². The zero-order valence-electron chi connectivity index (χ0n) is 11.0. The van der Waals surface area contributed by atoms with Gasteiger partial charge in [0, 0.05) is 19.7 Å². The standard InChI is InChI=1S/C14H23NO/c1-10-6-11(2)8-14(7-10)13(4)15-9-12(3)16-5/h6-8,12-13,15H,9H2,1-5H3. The van der Waals surface area contributed by atoms with Gasteiger partial charge in [0.25, 0.3) is 0 Å². The van der Waals surface area contributed by atoms with Gasteiger partial charge in [0.15, 0.2) is 0 Å². The molecule has 0 aliphatic rings. The maximum Gasteiger partial charge on any atom is 0.0667 e. The molecular formula is C14H23NO. The summed E-state index contributed by atoms with van der Waals surface area (Å²) in [5.74, 6) is 0. The van der Waals surface area contributed by atoms with E-state index >= 15 is 0 Å². The van der Waals surface area contributed by atoms with Crippen LogP contribution >= 0.6 is 0 Å². The fourth-order valence-corrected chi connectivity index (χ4v) is 1.80. The van der Waals surface area contributed by atoms with E-state index in [4.69, 9.17) is 4.74 Å². The molecule has 0 saturated carbocycles. The van der Waals surface area contributed by atoms with Gasteiger partial charge in [-0.1, -0.05) is 29.3 Å². The lowest BCUT2D eigenvalue weighted by Gasteiger charge is -2.18. The number of benzene rings is 1. The Bertz CT molecular complexity index is 315. The Morgan fingerprint density at radius 1 is 1.12 bits per heavy atom. The van der Waals surface area contributed by atoms with Gasteiger partial charge in [-0.3, -0.25) is 0 Å². The summed E-state index contributed by atoms with van der Waals surface area (Å²) < 4.78 is 5.22. The third-order valence-corrected chi connectivity index (χ3v) is 2.86. The molecule has 0 spiro atoms. The van der Waals surface area contributed by atoms with E-state index in [-0.39, 0.29) is 6.10 Å². The fourth-order valence-electron chi connectivity index (χ4n) is 1.80. The lowest BCUT2D eigenvalue weighted by molar-refractivity contribution is 0.115. The quantitative estimate of drug-likeness (QED) is 0.825. The molecule has 0 aromatic heterocycles. The maximum atomic E-state index is 5.22. The molecule has 2 unspecified atom stereocenters. The van der Waals surface area contributed by atoms with Gasteiger partial charge in [-0.15, -0.1) is 0 Å². The smallest absolute Gasteiger partial charge is 0.0667 e. The first-order valence-electron chi connectivity index (χ1n) is 5.87. The topological polar surface area (TPSA) is 21.3 Å². The highest BCUT2D eigenvalue weighted by atomic mass is 16.5. The zero-order chi connectivity index (χ0) is 12.1. The highest BCUT2D eigenvalue weighted by Gasteiger charge is 2.07. The van der Waals surface area contributed by atoms with Crippen LogP contribution in [0.2, 0.25) is 0 Å². The normalized spacial score (nSPS) is 14.8. The molecule has 2 nitrogen and oxygen atoms in total. The molecule has 0 amide bonds. The van der Waals surface area contributed by atoms with E-state index in [0.717, 1.165) is 6.54 Å². The van der Waals surface area contributed by atoms with Crippen LogP contribution in [0.4, 0.5) is 0 Å². The van der Waals surface area contributed by atoms with Crippen LogP contribution in [0.15, 0.2) is 18.2 Å². The van der Waals surface area contributed by atoms with Gasteiger partial charge in [-0.05, 0) is 33.3 Å². The first-order valence-corrected chi connectivity index (χ1v) is 5.87. The highest BCUT2D eigenvalue weighted by Crippen LogP contribution is 2.16. The van der Waals surface area contributed by atoms with Crippen molar-refractivity contribution in [2.24, 2.45) is 0 Å². The molecule has 2 heteroatoms. The molecule has 0 radical (unpaired) electrons. The molecule has 1 aromatic rings. The van der Waals surface area contributed by atoms with Crippen LogP contribution in [0.1, 0.15) is 36.6 Å². The monoisotopic (exact) mass is 221 g/mol. The summed E-state index contributed by atoms with van der Waals surface area (Å²) in [7, 11) is 1.74. The van der Waals surface area contributed by atoms with E-state index in [2.05, 4.69) is 51.2 Å². The number of hydrogen-bond acceptors (Lipinski definition) is 2. The molecule has 16 heavy (non-hydrogen) atoms. The van der Waals surface area contributed by atoms with Crippen molar-refractivity contribution < 1.29 is 4.74 Å². The van der Waals surface area contributed by atoms with Crippen molar-refractivity contribution in [3.63, 3.8) is 0 Å². The lowest BCUT2D eigenvalue weighted by atomic mass is 10.0. The Hall–Kier alpha value is -0.860. The fraction of sp³-hybridized carbons (Fsp3) is 0.571. The summed E-state index contributed by atoms with van der Waals surface area (Å²) in [4.78, 5) is 0. The van der Waals surface area contributed by atoms with Gasteiger partial charge in [0.05, 0.1) is 6.10 Å². The van der Waals surface area contributed by atoms with Crippen LogP contribution in [0.5, 0.6) is 0 Å². The summed E-state index contributed by atoms with van der Waals surface area (Å²) in [6.07, 6.45) is 0.258. The summed E-state index contributed by atoms with van der Waals surface area (Å²) in [5.41, 5.74) is 3.99. The van der Waals surface area contributed by atoms with Crippen molar-refractivity contribution in [1.29, 1.82) is 0 Å². The minimum Gasteiger partial charge on any atom is -0.380 e. The highest BCUT2D eigenvalue weighted by molar-refractivity contribution is 5.30. The van der Waals surface area contributed by atoms with E-state index in [9.17, 15) is 0 Å². The lowest BCUT2D eigenvalue weighted by Crippen LogP contribution is -2.28. The predicted molar refractivity (Wildman–Crippen MR) is 68.8 cm³/mol. The molecular weight excluding hydrogens is 198 g/mol. The van der Waals surface area contributed by atoms with Gasteiger partial charge in [0.2, 0.25) is 0 Å². The van der Waals surface area contributed by atoms with E-state index in [1.807, 2.05) is 0 Å². The predicted octanol–water partition coefficient (Wildman–Crippen LogP) is 2.99. The van der Waals surface area contributed by atoms with Crippen LogP contribution in [0.25, 0.3) is 0 Å². The van der Waals surface area contributed by atoms with Crippen LogP contribution in [-0.4, -0.2) is 19.8 Å². The van der Waals surface area contributed by atoms with Crippen molar-refractivity contribution in [3.8, 4) is 0 Å². The third-order valence-electron chi connectivity index (χ3n) is 2.86. The third kappa shape index (κ3) is 3.95. The molecule has 2 atom stereocenters. The second-order valence-corrected chi connectivity index (χ2v) is 4.60. The Kier molecular flexibility index (Phi) is 4.97. The maximum absolute atomic E-state index is 5.22. The molecule has 1 rings (SSSR count). The van der Waals surface area contributed by atoms with Crippen LogP contribution in [-0.2, 0) is 4.74 Å². The van der Waals surface area contributed by atoms with Crippen molar-refractivity contribution in [2.75, 3.05) is 13.7 Å². The number of aryl methyl sites for hydroxylation is 2. The summed E-state index contributed by atoms with van der Waals surface area (Å²) in [6, 6.07) is 7.05. The van der Waals surface area contributed by atoms with Gasteiger partial charge in [0.1, 0.15) is 0 Å². The molecule has 0 bridgehead atoms. The van der Waals surface area contributed by atoms with Crippen molar-refractivity contribution in [2.45, 2.75) is 39.8 Å². The number of methoxy groups -OCH3 is 1. The van der Waals surface area contributed by atoms with Gasteiger partial charge < -0.3 is 10.1 Å². The van der Waals surface area contributed by atoms with Gasteiger partial charge in [-0.25, -0.2) is 0 Å². The summed E-state index contributed by atoms with van der Waals surface area (Å²) in [5, 5.41) is 3.48. The average Bonchev–Trinajstić information content (AvgIpc) is 2.23. The molecule has 90 valence electrons. The summed E-state index contributed by atoms with van der Waals surface area (Å²) >= 11 is 0. The Morgan fingerprint density at radius 3 is 2.19 bits per heavy atom. The first kappa shape index (κ1) is 13.2. The zero-order valence-corrected chi connectivity index (χ0v) is 11.0. The minimum absolute atomic E-state index is 0.258. The van der Waals surface area contributed by atoms with E-state index in [1.54, 1.807) is 7.11 Å². The Balaban J connectivity index is 2.62. The van der Waals surface area contributed by atoms with Gasteiger partial charge in [-0.2, -0.15) is 0 Å². The van der Waals surface area contributed by atoms with Crippen molar-refractivity contribution in [1.82, 2.24) is 5.32 Å². The number of ether oxygens (including phenoxy) is 1. The second-order valence-electron chi connectivity index (χ2n) is 4.60. The molecule has 0 saturated heterocycles. The largest absolute Gasteiger partial charge is 0.380 e. The molecule has 1 aromatic carbocycles. The SMILES string of the molecule is COC(C)CNC(C)c1cc(C)cc(C)c1. The summed E-state index contributed by atoms with van der Waals surface area (Å²) in [6.45, 7) is 9.42. The average molecular weight is 221 g/mol. The first-order chi connectivity index (χ1) is 7.52. The van der Waals surface area contributed by atoms with Gasteiger partial charge >= 0.3 is 0 Å². The van der Waals surface area contributed by atoms with Crippen molar-refractivity contribution in [3.05, 3.63) is 34.9 Å². The molecule has 0 aliphatic heterocycles. The van der Waals surface area contributed by atoms with Crippen LogP contribution in [0, 0.1) is 13.8 Å². The molecule has 0 heterocycles. The second kappa shape index (κ2) is 6.02. The minimum atomic E-state index is 0.258. The van der Waals surface area contributed by atoms with Crippen LogP contribution < -0.4 is 5.32 Å². The molecule has 1 N–H and O–H groups in total.